The van der Waals surface area contributed by atoms with Crippen molar-refractivity contribution in [2.45, 2.75) is 39.5 Å². The van der Waals surface area contributed by atoms with Gasteiger partial charge in [0.25, 0.3) is 0 Å². The SMILES string of the molecule is CCOc1ccc(N2C(=S)NC3c4cccc(OC)c4OC2(C)C3C(=O)Nc2ccc(C)cc2C)cc1. The molecule has 3 atom stereocenters. The Balaban J connectivity index is 1.61. The maximum absolute atomic E-state index is 14.1. The molecule has 2 N–H and O–H groups in total. The number of hydrogen-bond donors (Lipinski definition) is 2. The summed E-state index contributed by atoms with van der Waals surface area (Å²) in [5.74, 6) is 1.14. The van der Waals surface area contributed by atoms with Crippen molar-refractivity contribution in [1.29, 1.82) is 0 Å². The maximum Gasteiger partial charge on any atom is 0.236 e. The van der Waals surface area contributed by atoms with Crippen LogP contribution in [0.15, 0.2) is 60.7 Å². The molecular formula is C29H31N3O4S. The lowest BCUT2D eigenvalue weighted by molar-refractivity contribution is -0.130. The zero-order valence-corrected chi connectivity index (χ0v) is 22.4. The summed E-state index contributed by atoms with van der Waals surface area (Å²) in [7, 11) is 1.61. The van der Waals surface area contributed by atoms with E-state index in [1.165, 1.54) is 0 Å². The molecule has 0 saturated carbocycles. The Bertz CT molecular complexity index is 1360. The smallest absolute Gasteiger partial charge is 0.236 e. The third-order valence-electron chi connectivity index (χ3n) is 7.04. The van der Waals surface area contributed by atoms with E-state index in [0.717, 1.165) is 33.8 Å². The average molecular weight is 518 g/mol. The largest absolute Gasteiger partial charge is 0.494 e. The minimum Gasteiger partial charge on any atom is -0.494 e. The van der Waals surface area contributed by atoms with Gasteiger partial charge in [-0.1, -0.05) is 29.8 Å². The van der Waals surface area contributed by atoms with Gasteiger partial charge in [-0.05, 0) is 81.9 Å². The van der Waals surface area contributed by atoms with Gasteiger partial charge in [0.1, 0.15) is 11.7 Å². The lowest BCUT2D eigenvalue weighted by Gasteiger charge is -2.56. The molecule has 3 aromatic carbocycles. The van der Waals surface area contributed by atoms with Crippen LogP contribution in [-0.4, -0.2) is 30.5 Å². The third kappa shape index (κ3) is 4.25. The van der Waals surface area contributed by atoms with Gasteiger partial charge in [0, 0.05) is 16.9 Å². The molecule has 1 fully saturated rings. The highest BCUT2D eigenvalue weighted by molar-refractivity contribution is 7.80. The number of nitrogens with zero attached hydrogens (tertiary/aromatic N) is 1. The molecule has 2 bridgehead atoms. The summed E-state index contributed by atoms with van der Waals surface area (Å²) in [4.78, 5) is 15.9. The van der Waals surface area contributed by atoms with Crippen molar-refractivity contribution in [3.05, 3.63) is 77.4 Å². The summed E-state index contributed by atoms with van der Waals surface area (Å²) in [6, 6.07) is 18.9. The molecule has 2 aliphatic rings. The second-order valence-corrected chi connectivity index (χ2v) is 9.90. The van der Waals surface area contributed by atoms with Crippen molar-refractivity contribution in [3.63, 3.8) is 0 Å². The number of benzene rings is 3. The summed E-state index contributed by atoms with van der Waals surface area (Å²) in [5, 5.41) is 7.06. The number of thiocarbonyl (C=S) groups is 1. The Morgan fingerprint density at radius 2 is 1.92 bits per heavy atom. The molecule has 2 heterocycles. The number of anilines is 2. The molecule has 0 radical (unpaired) electrons. The van der Waals surface area contributed by atoms with Crippen LogP contribution in [0.1, 0.15) is 36.6 Å². The number of amides is 1. The fourth-order valence-corrected chi connectivity index (χ4v) is 5.76. The van der Waals surface area contributed by atoms with Crippen LogP contribution in [0.3, 0.4) is 0 Å². The number of para-hydroxylation sites is 1. The maximum atomic E-state index is 14.1. The van der Waals surface area contributed by atoms with Crippen LogP contribution >= 0.6 is 12.2 Å². The molecule has 0 spiro atoms. The van der Waals surface area contributed by atoms with Gasteiger partial charge in [-0.15, -0.1) is 0 Å². The molecule has 3 aromatic rings. The van der Waals surface area contributed by atoms with E-state index in [4.69, 9.17) is 26.4 Å². The Morgan fingerprint density at radius 1 is 1.16 bits per heavy atom. The summed E-state index contributed by atoms with van der Waals surface area (Å²) in [5.41, 5.74) is 3.36. The molecule has 3 unspecified atom stereocenters. The van der Waals surface area contributed by atoms with Crippen LogP contribution < -0.4 is 29.7 Å². The number of methoxy groups -OCH3 is 1. The summed E-state index contributed by atoms with van der Waals surface area (Å²) in [6.07, 6.45) is 0. The second-order valence-electron chi connectivity index (χ2n) is 9.51. The Hall–Kier alpha value is -3.78. The highest BCUT2D eigenvalue weighted by Gasteiger charge is 2.59. The number of hydrogen-bond acceptors (Lipinski definition) is 5. The molecule has 2 aliphatic heterocycles. The quantitative estimate of drug-likeness (QED) is 0.418. The molecule has 37 heavy (non-hydrogen) atoms. The summed E-state index contributed by atoms with van der Waals surface area (Å²) >= 11 is 5.85. The number of rotatable bonds is 6. The molecular weight excluding hydrogens is 486 g/mol. The zero-order chi connectivity index (χ0) is 26.3. The molecule has 8 heteroatoms. The highest BCUT2D eigenvalue weighted by Crippen LogP contribution is 2.52. The standard InChI is InChI=1S/C29H31N3O4S/c1-6-35-20-13-11-19(12-14-20)32-28(37)31-25-21-8-7-9-23(34-5)26(21)36-29(32,4)24(25)27(33)30-22-15-10-17(2)16-18(22)3/h7-16,24-25H,6H2,1-5H3,(H,30,33)(H,31,37). The van der Waals surface area contributed by atoms with Gasteiger partial charge >= 0.3 is 0 Å². The van der Waals surface area contributed by atoms with Crippen molar-refractivity contribution in [3.8, 4) is 17.2 Å². The van der Waals surface area contributed by atoms with E-state index >= 15 is 0 Å². The first-order valence-corrected chi connectivity index (χ1v) is 12.7. The van der Waals surface area contributed by atoms with Gasteiger partial charge in [-0.3, -0.25) is 9.69 Å². The molecule has 1 saturated heterocycles. The average Bonchev–Trinajstić information content (AvgIpc) is 2.86. The highest BCUT2D eigenvalue weighted by atomic mass is 32.1. The van der Waals surface area contributed by atoms with Crippen molar-refractivity contribution in [2.75, 3.05) is 23.9 Å². The van der Waals surface area contributed by atoms with E-state index in [0.29, 0.717) is 23.2 Å². The molecule has 0 aliphatic carbocycles. The van der Waals surface area contributed by atoms with E-state index in [-0.39, 0.29) is 5.91 Å². The number of nitrogens with one attached hydrogen (secondary N) is 2. The topological polar surface area (TPSA) is 72.1 Å². The predicted octanol–water partition coefficient (Wildman–Crippen LogP) is 5.51. The van der Waals surface area contributed by atoms with Crippen molar-refractivity contribution >= 4 is 34.6 Å². The molecule has 7 nitrogen and oxygen atoms in total. The van der Waals surface area contributed by atoms with Gasteiger partial charge in [-0.25, -0.2) is 0 Å². The predicted molar refractivity (Wildman–Crippen MR) is 149 cm³/mol. The van der Waals surface area contributed by atoms with Gasteiger partial charge in [0.2, 0.25) is 5.91 Å². The summed E-state index contributed by atoms with van der Waals surface area (Å²) < 4.78 is 18.0. The van der Waals surface area contributed by atoms with Crippen LogP contribution in [0.2, 0.25) is 0 Å². The molecule has 0 aromatic heterocycles. The molecule has 192 valence electrons. The first kappa shape index (κ1) is 24.9. The van der Waals surface area contributed by atoms with Gasteiger partial charge in [-0.2, -0.15) is 0 Å². The van der Waals surface area contributed by atoms with Gasteiger partial charge in [0.05, 0.1) is 19.8 Å². The van der Waals surface area contributed by atoms with Crippen molar-refractivity contribution < 1.29 is 19.0 Å². The van der Waals surface area contributed by atoms with Crippen LogP contribution in [0.4, 0.5) is 11.4 Å². The third-order valence-corrected chi connectivity index (χ3v) is 7.34. The Morgan fingerprint density at radius 3 is 2.59 bits per heavy atom. The van der Waals surface area contributed by atoms with Gasteiger partial charge in [0.15, 0.2) is 22.3 Å². The number of aryl methyl sites for hydroxylation is 2. The fraction of sp³-hybridized carbons (Fsp3) is 0.310. The Labute approximate surface area is 222 Å². The lowest BCUT2D eigenvalue weighted by Crippen LogP contribution is -2.72. The number of fused-ring (bicyclic) bond motifs is 4. The first-order chi connectivity index (χ1) is 17.8. The van der Waals surface area contributed by atoms with Gasteiger partial charge < -0.3 is 24.8 Å². The van der Waals surface area contributed by atoms with E-state index in [9.17, 15) is 4.79 Å². The minimum atomic E-state index is -1.15. The van der Waals surface area contributed by atoms with Crippen LogP contribution in [0.5, 0.6) is 17.2 Å². The van der Waals surface area contributed by atoms with Crippen LogP contribution in [0.25, 0.3) is 0 Å². The van der Waals surface area contributed by atoms with E-state index in [2.05, 4.69) is 16.7 Å². The fourth-order valence-electron chi connectivity index (χ4n) is 5.34. The Kier molecular flexibility index (Phi) is 6.45. The minimum absolute atomic E-state index is 0.168. The van der Waals surface area contributed by atoms with Crippen LogP contribution in [-0.2, 0) is 4.79 Å². The zero-order valence-electron chi connectivity index (χ0n) is 21.6. The number of ether oxygens (including phenoxy) is 3. The molecule has 5 rings (SSSR count). The second kappa shape index (κ2) is 9.59. The van der Waals surface area contributed by atoms with Crippen molar-refractivity contribution in [2.24, 2.45) is 5.92 Å². The first-order valence-electron chi connectivity index (χ1n) is 12.3. The van der Waals surface area contributed by atoms with E-state index in [1.807, 2.05) is 87.2 Å². The number of carbonyl (C=O) groups excluding carboxylic acids is 1. The summed E-state index contributed by atoms with van der Waals surface area (Å²) in [6.45, 7) is 8.44. The van der Waals surface area contributed by atoms with Crippen LogP contribution in [0, 0.1) is 19.8 Å². The monoisotopic (exact) mass is 517 g/mol. The lowest BCUT2D eigenvalue weighted by atomic mass is 9.78. The van der Waals surface area contributed by atoms with E-state index < -0.39 is 17.7 Å². The number of carbonyl (C=O) groups is 1. The normalized spacial score (nSPS) is 21.9. The van der Waals surface area contributed by atoms with Crippen molar-refractivity contribution in [1.82, 2.24) is 5.32 Å². The molecule has 1 amide bonds. The van der Waals surface area contributed by atoms with E-state index in [1.54, 1.807) is 7.11 Å².